The summed E-state index contributed by atoms with van der Waals surface area (Å²) in [5, 5.41) is 0.709. The van der Waals surface area contributed by atoms with Gasteiger partial charge in [-0.1, -0.05) is 23.7 Å². The van der Waals surface area contributed by atoms with Gasteiger partial charge in [0, 0.05) is 24.5 Å². The molecule has 1 fully saturated rings. The number of Topliss-reactive ketones (excluding diaryl/α,β-unsaturated/α-hetero) is 1. The molecule has 1 aliphatic rings. The van der Waals surface area contributed by atoms with Gasteiger partial charge in [-0.2, -0.15) is 0 Å². The van der Waals surface area contributed by atoms with E-state index in [-0.39, 0.29) is 5.78 Å². The van der Waals surface area contributed by atoms with Crippen LogP contribution in [-0.4, -0.2) is 18.5 Å². The number of rotatable bonds is 5. The highest BCUT2D eigenvalue weighted by Gasteiger charge is 2.16. The summed E-state index contributed by atoms with van der Waals surface area (Å²) in [7, 11) is 0. The first-order chi connectivity index (χ1) is 8.24. The fraction of sp³-hybridized carbons (Fsp3) is 0.500. The number of hydrogen-bond acceptors (Lipinski definition) is 2. The highest BCUT2D eigenvalue weighted by molar-refractivity contribution is 6.30. The molecular weight excluding hydrogens is 236 g/mol. The first kappa shape index (κ1) is 12.6. The summed E-state index contributed by atoms with van der Waals surface area (Å²) in [6, 6.07) is 7.47. The number of halogens is 1. The SMILES string of the molecule is O=C(CCC1CCCO1)Cc1ccc(Cl)cc1. The monoisotopic (exact) mass is 252 g/mol. The first-order valence-corrected chi connectivity index (χ1v) is 6.49. The molecule has 1 aliphatic heterocycles. The molecule has 0 aromatic heterocycles. The third-order valence-electron chi connectivity index (χ3n) is 3.08. The molecule has 1 saturated heterocycles. The van der Waals surface area contributed by atoms with Crippen molar-refractivity contribution in [2.75, 3.05) is 6.61 Å². The lowest BCUT2D eigenvalue weighted by molar-refractivity contribution is -0.119. The van der Waals surface area contributed by atoms with Gasteiger partial charge >= 0.3 is 0 Å². The number of hydrogen-bond donors (Lipinski definition) is 0. The van der Waals surface area contributed by atoms with E-state index in [4.69, 9.17) is 16.3 Å². The fourth-order valence-corrected chi connectivity index (χ4v) is 2.24. The van der Waals surface area contributed by atoms with Gasteiger partial charge in [0.2, 0.25) is 0 Å². The van der Waals surface area contributed by atoms with Crippen LogP contribution < -0.4 is 0 Å². The van der Waals surface area contributed by atoms with Crippen molar-refractivity contribution in [3.05, 3.63) is 34.9 Å². The van der Waals surface area contributed by atoms with Crippen LogP contribution in [-0.2, 0) is 16.0 Å². The molecule has 0 saturated carbocycles. The van der Waals surface area contributed by atoms with E-state index in [9.17, 15) is 4.79 Å². The van der Waals surface area contributed by atoms with Crippen molar-refractivity contribution in [2.24, 2.45) is 0 Å². The van der Waals surface area contributed by atoms with E-state index in [1.54, 1.807) is 0 Å². The summed E-state index contributed by atoms with van der Waals surface area (Å²) in [5.41, 5.74) is 1.03. The summed E-state index contributed by atoms with van der Waals surface area (Å²) < 4.78 is 5.50. The Morgan fingerprint density at radius 2 is 2.12 bits per heavy atom. The lowest BCUT2D eigenvalue weighted by Crippen LogP contribution is -2.10. The second-order valence-corrected chi connectivity index (χ2v) is 4.95. The van der Waals surface area contributed by atoms with Crippen molar-refractivity contribution in [1.82, 2.24) is 0 Å². The van der Waals surface area contributed by atoms with Gasteiger partial charge in [0.05, 0.1) is 6.10 Å². The van der Waals surface area contributed by atoms with E-state index in [1.807, 2.05) is 24.3 Å². The quantitative estimate of drug-likeness (QED) is 0.803. The molecule has 3 heteroatoms. The zero-order chi connectivity index (χ0) is 12.1. The molecule has 1 unspecified atom stereocenters. The van der Waals surface area contributed by atoms with E-state index in [1.165, 1.54) is 0 Å². The van der Waals surface area contributed by atoms with Crippen LogP contribution in [0.5, 0.6) is 0 Å². The number of carbonyl (C=O) groups excluding carboxylic acids is 1. The van der Waals surface area contributed by atoms with Crippen LogP contribution in [0.2, 0.25) is 5.02 Å². The number of benzene rings is 1. The summed E-state index contributed by atoms with van der Waals surface area (Å²) >= 11 is 5.79. The standard InChI is InChI=1S/C14H17ClO2/c15-12-5-3-11(4-6-12)10-13(16)7-8-14-2-1-9-17-14/h3-6,14H,1-2,7-10H2. The third-order valence-corrected chi connectivity index (χ3v) is 3.34. The van der Waals surface area contributed by atoms with Gasteiger partial charge < -0.3 is 4.74 Å². The zero-order valence-corrected chi connectivity index (χ0v) is 10.6. The average molecular weight is 253 g/mol. The molecule has 2 rings (SSSR count). The van der Waals surface area contributed by atoms with E-state index in [0.29, 0.717) is 24.0 Å². The maximum absolute atomic E-state index is 11.8. The second kappa shape index (κ2) is 6.18. The molecule has 0 N–H and O–H groups in total. The van der Waals surface area contributed by atoms with Crippen LogP contribution in [0.3, 0.4) is 0 Å². The molecule has 92 valence electrons. The van der Waals surface area contributed by atoms with Crippen molar-refractivity contribution >= 4 is 17.4 Å². The van der Waals surface area contributed by atoms with E-state index >= 15 is 0 Å². The fourth-order valence-electron chi connectivity index (χ4n) is 2.11. The van der Waals surface area contributed by atoms with Crippen molar-refractivity contribution in [3.8, 4) is 0 Å². The maximum atomic E-state index is 11.8. The van der Waals surface area contributed by atoms with Gasteiger partial charge in [-0.3, -0.25) is 4.79 Å². The molecule has 1 aromatic carbocycles. The molecule has 0 aliphatic carbocycles. The lowest BCUT2D eigenvalue weighted by Gasteiger charge is -2.08. The van der Waals surface area contributed by atoms with Crippen LogP contribution in [0.25, 0.3) is 0 Å². The highest BCUT2D eigenvalue weighted by atomic mass is 35.5. The lowest BCUT2D eigenvalue weighted by atomic mass is 10.0. The Balaban J connectivity index is 1.74. The van der Waals surface area contributed by atoms with Crippen LogP contribution in [0.4, 0.5) is 0 Å². The minimum Gasteiger partial charge on any atom is -0.378 e. The smallest absolute Gasteiger partial charge is 0.137 e. The van der Waals surface area contributed by atoms with Crippen molar-refractivity contribution < 1.29 is 9.53 Å². The van der Waals surface area contributed by atoms with Crippen LogP contribution in [0.15, 0.2) is 24.3 Å². The second-order valence-electron chi connectivity index (χ2n) is 4.52. The van der Waals surface area contributed by atoms with Gasteiger partial charge in [-0.05, 0) is 37.0 Å². The molecule has 0 radical (unpaired) electrons. The molecule has 0 spiro atoms. The van der Waals surface area contributed by atoms with Crippen LogP contribution >= 0.6 is 11.6 Å². The number of ketones is 1. The summed E-state index contributed by atoms with van der Waals surface area (Å²) in [6.07, 6.45) is 4.54. The van der Waals surface area contributed by atoms with E-state index < -0.39 is 0 Å². The Morgan fingerprint density at radius 1 is 1.35 bits per heavy atom. The molecule has 1 aromatic rings. The molecule has 1 heterocycles. The number of carbonyl (C=O) groups is 1. The van der Waals surface area contributed by atoms with Gasteiger partial charge in [0.15, 0.2) is 0 Å². The van der Waals surface area contributed by atoms with Crippen molar-refractivity contribution in [1.29, 1.82) is 0 Å². The highest BCUT2D eigenvalue weighted by Crippen LogP contribution is 2.17. The predicted molar refractivity (Wildman–Crippen MR) is 68.4 cm³/mol. The predicted octanol–water partition coefficient (Wildman–Crippen LogP) is 3.41. The molecule has 0 bridgehead atoms. The zero-order valence-electron chi connectivity index (χ0n) is 9.82. The Labute approximate surface area is 107 Å². The molecule has 1 atom stereocenters. The van der Waals surface area contributed by atoms with Crippen molar-refractivity contribution in [3.63, 3.8) is 0 Å². The van der Waals surface area contributed by atoms with E-state index in [0.717, 1.165) is 31.4 Å². The van der Waals surface area contributed by atoms with Crippen molar-refractivity contribution in [2.45, 2.75) is 38.2 Å². The first-order valence-electron chi connectivity index (χ1n) is 6.12. The summed E-state index contributed by atoms with van der Waals surface area (Å²) in [4.78, 5) is 11.8. The van der Waals surface area contributed by atoms with E-state index in [2.05, 4.69) is 0 Å². The average Bonchev–Trinajstić information content (AvgIpc) is 2.83. The Hall–Kier alpha value is -0.860. The topological polar surface area (TPSA) is 26.3 Å². The summed E-state index contributed by atoms with van der Waals surface area (Å²) in [6.45, 7) is 0.857. The van der Waals surface area contributed by atoms with Gasteiger partial charge in [0.25, 0.3) is 0 Å². The summed E-state index contributed by atoms with van der Waals surface area (Å²) in [5.74, 6) is 0.280. The largest absolute Gasteiger partial charge is 0.378 e. The Morgan fingerprint density at radius 3 is 2.76 bits per heavy atom. The van der Waals surface area contributed by atoms with Crippen LogP contribution in [0, 0.1) is 0 Å². The Kier molecular flexibility index (Phi) is 4.57. The third kappa shape index (κ3) is 4.14. The van der Waals surface area contributed by atoms with Gasteiger partial charge in [-0.25, -0.2) is 0 Å². The van der Waals surface area contributed by atoms with Gasteiger partial charge in [-0.15, -0.1) is 0 Å². The van der Waals surface area contributed by atoms with Gasteiger partial charge in [0.1, 0.15) is 5.78 Å². The Bertz CT molecular complexity index is 366. The maximum Gasteiger partial charge on any atom is 0.137 e. The number of ether oxygens (including phenoxy) is 1. The minimum atomic E-state index is 0.280. The minimum absolute atomic E-state index is 0.280. The molecule has 2 nitrogen and oxygen atoms in total. The molecule has 17 heavy (non-hydrogen) atoms. The normalized spacial score (nSPS) is 19.5. The molecule has 0 amide bonds. The molecular formula is C14H17ClO2. The van der Waals surface area contributed by atoms with Crippen LogP contribution in [0.1, 0.15) is 31.2 Å².